The minimum Gasteiger partial charge on any atom is -0.482 e. The maximum absolute atomic E-state index is 10.6. The summed E-state index contributed by atoms with van der Waals surface area (Å²) in [5, 5.41) is 9.52. The van der Waals surface area contributed by atoms with Crippen LogP contribution in [0.25, 0.3) is 21.8 Å². The van der Waals surface area contributed by atoms with Crippen molar-refractivity contribution in [2.75, 3.05) is 6.61 Å². The molecule has 0 spiro atoms. The molecule has 0 saturated carbocycles. The van der Waals surface area contributed by atoms with Gasteiger partial charge in [-0.25, -0.2) is 24.7 Å². The lowest BCUT2D eigenvalue weighted by atomic mass is 10.1. The van der Waals surface area contributed by atoms with Crippen molar-refractivity contribution in [1.82, 2.24) is 19.9 Å². The van der Waals surface area contributed by atoms with Crippen LogP contribution in [0.2, 0.25) is 0 Å². The number of ether oxygens (including phenoxy) is 2. The number of nitrogens with zero attached hydrogens (tertiary/aromatic N) is 4. The number of carboxylic acids is 1. The van der Waals surface area contributed by atoms with E-state index in [1.54, 1.807) is 30.6 Å². The van der Waals surface area contributed by atoms with Crippen molar-refractivity contribution in [3.63, 3.8) is 0 Å². The van der Waals surface area contributed by atoms with Crippen LogP contribution in [0.5, 0.6) is 11.8 Å². The highest BCUT2D eigenvalue weighted by atomic mass is 32.1. The summed E-state index contributed by atoms with van der Waals surface area (Å²) in [7, 11) is 0. The van der Waals surface area contributed by atoms with E-state index in [-0.39, 0.29) is 13.2 Å². The van der Waals surface area contributed by atoms with Gasteiger partial charge < -0.3 is 14.6 Å². The minimum atomic E-state index is -1.01. The van der Waals surface area contributed by atoms with Crippen molar-refractivity contribution in [1.29, 1.82) is 0 Å². The van der Waals surface area contributed by atoms with Gasteiger partial charge in [-0.05, 0) is 49.4 Å². The van der Waals surface area contributed by atoms with Gasteiger partial charge in [0, 0.05) is 18.0 Å². The van der Waals surface area contributed by atoms with Crippen LogP contribution in [-0.4, -0.2) is 37.6 Å². The van der Waals surface area contributed by atoms with Crippen molar-refractivity contribution in [3.8, 4) is 33.6 Å². The van der Waals surface area contributed by atoms with Crippen LogP contribution >= 0.6 is 11.3 Å². The molecule has 0 aliphatic carbocycles. The molecule has 0 radical (unpaired) electrons. The number of rotatable bonds is 8. The van der Waals surface area contributed by atoms with Gasteiger partial charge >= 0.3 is 12.0 Å². The SMILES string of the molecule is Cc1nc(COc2ncccn2)sc1-c1cccc(-c2ccc(OCC(=O)O)cc2)n1. The average Bonchev–Trinajstić information content (AvgIpc) is 3.18. The Morgan fingerprint density at radius 1 is 0.968 bits per heavy atom. The summed E-state index contributed by atoms with van der Waals surface area (Å²) in [5.74, 6) is -0.521. The quantitative estimate of drug-likeness (QED) is 0.443. The largest absolute Gasteiger partial charge is 0.482 e. The van der Waals surface area contributed by atoms with E-state index >= 15 is 0 Å². The van der Waals surface area contributed by atoms with E-state index in [1.165, 1.54) is 11.3 Å². The number of benzene rings is 1. The zero-order valence-corrected chi connectivity index (χ0v) is 17.4. The molecule has 8 nitrogen and oxygen atoms in total. The van der Waals surface area contributed by atoms with Crippen LogP contribution in [0.1, 0.15) is 10.7 Å². The topological polar surface area (TPSA) is 107 Å². The summed E-state index contributed by atoms with van der Waals surface area (Å²) < 4.78 is 10.8. The normalized spacial score (nSPS) is 10.6. The van der Waals surface area contributed by atoms with Crippen molar-refractivity contribution in [3.05, 3.63) is 71.6 Å². The number of hydrogen-bond donors (Lipinski definition) is 1. The molecule has 1 aromatic carbocycles. The smallest absolute Gasteiger partial charge is 0.341 e. The fourth-order valence-electron chi connectivity index (χ4n) is 2.83. The highest BCUT2D eigenvalue weighted by Crippen LogP contribution is 2.31. The molecule has 31 heavy (non-hydrogen) atoms. The number of thiazole rings is 1. The van der Waals surface area contributed by atoms with Gasteiger partial charge in [-0.3, -0.25) is 0 Å². The van der Waals surface area contributed by atoms with Gasteiger partial charge in [0.05, 0.1) is 22.0 Å². The Balaban J connectivity index is 1.50. The van der Waals surface area contributed by atoms with Gasteiger partial charge in [0.2, 0.25) is 0 Å². The molecule has 0 saturated heterocycles. The van der Waals surface area contributed by atoms with Crippen molar-refractivity contribution in [2.24, 2.45) is 0 Å². The first-order chi connectivity index (χ1) is 15.1. The molecule has 4 aromatic rings. The first-order valence-electron chi connectivity index (χ1n) is 9.37. The second kappa shape index (κ2) is 9.31. The van der Waals surface area contributed by atoms with Gasteiger partial charge in [-0.1, -0.05) is 6.07 Å². The zero-order valence-electron chi connectivity index (χ0n) is 16.6. The van der Waals surface area contributed by atoms with Crippen LogP contribution in [-0.2, 0) is 11.4 Å². The van der Waals surface area contributed by atoms with E-state index in [2.05, 4.69) is 15.0 Å². The van der Waals surface area contributed by atoms with E-state index in [0.717, 1.165) is 32.5 Å². The fraction of sp³-hybridized carbons (Fsp3) is 0.136. The van der Waals surface area contributed by atoms with Crippen LogP contribution in [0.3, 0.4) is 0 Å². The van der Waals surface area contributed by atoms with Gasteiger partial charge in [-0.15, -0.1) is 11.3 Å². The molecule has 0 unspecified atom stereocenters. The number of aliphatic carboxylic acids is 1. The second-order valence-corrected chi connectivity index (χ2v) is 7.54. The minimum absolute atomic E-state index is 0.285. The van der Waals surface area contributed by atoms with Crippen molar-refractivity contribution in [2.45, 2.75) is 13.5 Å². The van der Waals surface area contributed by atoms with Crippen molar-refractivity contribution >= 4 is 17.3 Å². The summed E-state index contributed by atoms with van der Waals surface area (Å²) >= 11 is 1.52. The maximum atomic E-state index is 10.6. The van der Waals surface area contributed by atoms with Crippen LogP contribution in [0, 0.1) is 6.92 Å². The van der Waals surface area contributed by atoms with E-state index in [4.69, 9.17) is 19.6 Å². The zero-order chi connectivity index (χ0) is 21.6. The molecular formula is C22H18N4O4S. The summed E-state index contributed by atoms with van der Waals surface area (Å²) in [6.45, 7) is 1.85. The molecule has 3 aromatic heterocycles. The molecule has 0 bridgehead atoms. The lowest BCUT2D eigenvalue weighted by molar-refractivity contribution is -0.139. The molecule has 0 aliphatic heterocycles. The highest BCUT2D eigenvalue weighted by molar-refractivity contribution is 7.15. The maximum Gasteiger partial charge on any atom is 0.341 e. The Morgan fingerprint density at radius 2 is 1.71 bits per heavy atom. The fourth-order valence-corrected chi connectivity index (χ4v) is 3.77. The number of carbonyl (C=O) groups is 1. The molecule has 0 amide bonds. The second-order valence-electron chi connectivity index (χ2n) is 6.46. The van der Waals surface area contributed by atoms with Crippen LogP contribution < -0.4 is 9.47 Å². The van der Waals surface area contributed by atoms with Gasteiger partial charge in [0.15, 0.2) is 6.61 Å². The molecular weight excluding hydrogens is 416 g/mol. The Labute approximate surface area is 182 Å². The molecule has 3 heterocycles. The van der Waals surface area contributed by atoms with Crippen LogP contribution in [0.15, 0.2) is 60.9 Å². The Kier molecular flexibility index (Phi) is 6.13. The van der Waals surface area contributed by atoms with E-state index in [0.29, 0.717) is 11.8 Å². The van der Waals surface area contributed by atoms with Crippen LogP contribution in [0.4, 0.5) is 0 Å². The number of carboxylic acid groups (broad SMARTS) is 1. The lowest BCUT2D eigenvalue weighted by Crippen LogP contribution is -2.09. The predicted octanol–water partition coefficient (Wildman–Crippen LogP) is 4.01. The number of aromatic nitrogens is 4. The highest BCUT2D eigenvalue weighted by Gasteiger charge is 2.13. The van der Waals surface area contributed by atoms with Crippen molar-refractivity contribution < 1.29 is 19.4 Å². The average molecular weight is 434 g/mol. The molecule has 0 fully saturated rings. The summed E-state index contributed by atoms with van der Waals surface area (Å²) in [5.41, 5.74) is 3.39. The number of aryl methyl sites for hydroxylation is 1. The Hall–Kier alpha value is -3.85. The molecule has 4 rings (SSSR count). The first-order valence-corrected chi connectivity index (χ1v) is 10.2. The van der Waals surface area contributed by atoms with E-state index < -0.39 is 5.97 Å². The molecule has 1 N–H and O–H groups in total. The summed E-state index contributed by atoms with van der Waals surface area (Å²) in [6, 6.07) is 15.0. The third kappa shape index (κ3) is 5.20. The number of pyridine rings is 1. The Bertz CT molecular complexity index is 1180. The summed E-state index contributed by atoms with van der Waals surface area (Å²) in [6.07, 6.45) is 3.25. The molecule has 9 heteroatoms. The van der Waals surface area contributed by atoms with E-state index in [9.17, 15) is 4.79 Å². The third-order valence-corrected chi connectivity index (χ3v) is 5.36. The van der Waals surface area contributed by atoms with Gasteiger partial charge in [0.25, 0.3) is 0 Å². The predicted molar refractivity (Wildman–Crippen MR) is 115 cm³/mol. The molecule has 156 valence electrons. The standard InChI is InChI=1S/C22H18N4O4S/c1-14-21(31-19(25-14)12-30-22-23-10-3-11-24-22)18-5-2-4-17(26-18)15-6-8-16(9-7-15)29-13-20(27)28/h2-11H,12-13H2,1H3,(H,27,28). The van der Waals surface area contributed by atoms with E-state index in [1.807, 2.05) is 37.3 Å². The summed E-state index contributed by atoms with van der Waals surface area (Å²) in [4.78, 5) is 29.0. The Morgan fingerprint density at radius 3 is 2.45 bits per heavy atom. The molecule has 0 aliphatic rings. The monoisotopic (exact) mass is 434 g/mol. The first kappa shape index (κ1) is 20.4. The van der Waals surface area contributed by atoms with Gasteiger partial charge in [-0.2, -0.15) is 0 Å². The molecule has 0 atom stereocenters. The third-order valence-electron chi connectivity index (χ3n) is 4.20. The lowest BCUT2D eigenvalue weighted by Gasteiger charge is -2.06. The van der Waals surface area contributed by atoms with Gasteiger partial charge in [0.1, 0.15) is 17.4 Å². The number of hydrogen-bond acceptors (Lipinski definition) is 8.